The predicted molar refractivity (Wildman–Crippen MR) is 152 cm³/mol. The van der Waals surface area contributed by atoms with Gasteiger partial charge in [0.05, 0.1) is 18.8 Å². The lowest BCUT2D eigenvalue weighted by molar-refractivity contribution is 0.0245. The Labute approximate surface area is 234 Å². The van der Waals surface area contributed by atoms with Crippen LogP contribution >= 0.6 is 0 Å². The van der Waals surface area contributed by atoms with Crippen LogP contribution in [0.3, 0.4) is 0 Å². The Bertz CT molecular complexity index is 1400. The van der Waals surface area contributed by atoms with E-state index in [9.17, 15) is 4.79 Å². The number of aromatic amines is 1. The van der Waals surface area contributed by atoms with Crippen LogP contribution in [-0.2, 0) is 4.74 Å². The molecule has 40 heavy (non-hydrogen) atoms. The number of hydrogen-bond acceptors (Lipinski definition) is 9. The average molecular weight is 551 g/mol. The highest BCUT2D eigenvalue weighted by Gasteiger charge is 2.40. The lowest BCUT2D eigenvalue weighted by atomic mass is 9.79. The number of rotatable bonds is 7. The number of nitrogens with zero attached hydrogens (tertiary/aromatic N) is 6. The third kappa shape index (κ3) is 4.59. The zero-order valence-electron chi connectivity index (χ0n) is 23.9. The summed E-state index contributed by atoms with van der Waals surface area (Å²) in [5.74, 6) is 3.41. The molecule has 4 heterocycles. The number of aromatic nitrogens is 6. The highest BCUT2D eigenvalue weighted by Crippen LogP contribution is 2.43. The standard InChI is InChI=1S/C29H42N8O3/c1-16-10-12-20(13-11-16)18(3)37-23-24(30-17(2)19-6-4-7-19)31-26(27-34-35-29(38)40-27)32-25(23)33-28(37)36-14-15-39-22-9-5-8-21(22)36/h16-22H,4-15H2,1-3H3,(H,35,38)(H,30,31,32)/t16-,17-,18?,20-,21?,22?/m1/s1. The number of fused-ring (bicyclic) bond motifs is 2. The highest BCUT2D eigenvalue weighted by molar-refractivity contribution is 5.87. The molecule has 11 nitrogen and oxygen atoms in total. The Kier molecular flexibility index (Phi) is 6.80. The van der Waals surface area contributed by atoms with E-state index in [1.807, 2.05) is 0 Å². The van der Waals surface area contributed by atoms with Crippen LogP contribution in [0.25, 0.3) is 22.9 Å². The van der Waals surface area contributed by atoms with Crippen molar-refractivity contribution < 1.29 is 9.15 Å². The van der Waals surface area contributed by atoms with Crippen LogP contribution in [0.15, 0.2) is 9.21 Å². The van der Waals surface area contributed by atoms with Crippen LogP contribution in [0, 0.1) is 17.8 Å². The molecule has 3 aromatic rings. The van der Waals surface area contributed by atoms with E-state index in [-0.39, 0.29) is 29.9 Å². The number of morpholine rings is 1. The second-order valence-corrected chi connectivity index (χ2v) is 12.8. The Morgan fingerprint density at radius 3 is 2.50 bits per heavy atom. The van der Waals surface area contributed by atoms with E-state index in [2.05, 4.69) is 45.8 Å². The molecule has 7 rings (SSSR count). The first kappa shape index (κ1) is 26.0. The Morgan fingerprint density at radius 2 is 1.77 bits per heavy atom. The van der Waals surface area contributed by atoms with Crippen LogP contribution in [0.4, 0.5) is 11.8 Å². The van der Waals surface area contributed by atoms with E-state index in [4.69, 9.17) is 24.1 Å². The first-order valence-corrected chi connectivity index (χ1v) is 15.5. The van der Waals surface area contributed by atoms with Gasteiger partial charge in [0.15, 0.2) is 11.5 Å². The minimum Gasteiger partial charge on any atom is -0.384 e. The largest absolute Gasteiger partial charge is 0.434 e. The Morgan fingerprint density at radius 1 is 0.975 bits per heavy atom. The molecule has 4 aliphatic rings. The molecule has 4 fully saturated rings. The molecule has 2 N–H and O–H groups in total. The summed E-state index contributed by atoms with van der Waals surface area (Å²) < 4.78 is 13.9. The molecule has 0 bridgehead atoms. The van der Waals surface area contributed by atoms with Crippen molar-refractivity contribution in [1.29, 1.82) is 0 Å². The van der Waals surface area contributed by atoms with Gasteiger partial charge in [0.1, 0.15) is 5.52 Å². The molecule has 0 spiro atoms. The van der Waals surface area contributed by atoms with E-state index in [0.717, 1.165) is 42.6 Å². The zero-order chi connectivity index (χ0) is 27.4. The van der Waals surface area contributed by atoms with Gasteiger partial charge in [-0.25, -0.2) is 19.9 Å². The molecular formula is C29H42N8O3. The van der Waals surface area contributed by atoms with Gasteiger partial charge >= 0.3 is 5.76 Å². The van der Waals surface area contributed by atoms with Gasteiger partial charge in [0.25, 0.3) is 5.89 Å². The van der Waals surface area contributed by atoms with Gasteiger partial charge in [-0.2, -0.15) is 4.98 Å². The number of nitrogens with one attached hydrogen (secondary N) is 2. The maximum Gasteiger partial charge on any atom is 0.434 e. The minimum atomic E-state index is -0.622. The van der Waals surface area contributed by atoms with Gasteiger partial charge in [-0.3, -0.25) is 0 Å². The van der Waals surface area contributed by atoms with Crippen LogP contribution in [0.2, 0.25) is 0 Å². The van der Waals surface area contributed by atoms with E-state index < -0.39 is 5.76 Å². The maximum atomic E-state index is 11.8. The van der Waals surface area contributed by atoms with Crippen molar-refractivity contribution in [2.45, 2.75) is 109 Å². The highest BCUT2D eigenvalue weighted by atomic mass is 16.5. The summed E-state index contributed by atoms with van der Waals surface area (Å²) in [6.45, 7) is 8.50. The summed E-state index contributed by atoms with van der Waals surface area (Å²) in [5.41, 5.74) is 1.56. The van der Waals surface area contributed by atoms with Crippen LogP contribution in [0.5, 0.6) is 0 Å². The molecule has 0 aromatic carbocycles. The molecule has 216 valence electrons. The Balaban J connectivity index is 1.39. The van der Waals surface area contributed by atoms with Crippen molar-refractivity contribution >= 4 is 22.9 Å². The van der Waals surface area contributed by atoms with E-state index in [1.165, 1.54) is 51.4 Å². The lowest BCUT2D eigenvalue weighted by Crippen LogP contribution is -2.50. The molecule has 3 aromatic heterocycles. The molecule has 3 aliphatic carbocycles. The summed E-state index contributed by atoms with van der Waals surface area (Å²) in [5, 5.41) is 10.1. The van der Waals surface area contributed by atoms with Gasteiger partial charge in [-0.05, 0) is 76.5 Å². The quantitative estimate of drug-likeness (QED) is 0.421. The second-order valence-electron chi connectivity index (χ2n) is 12.8. The number of H-pyrrole nitrogens is 1. The van der Waals surface area contributed by atoms with Crippen molar-refractivity contribution in [3.05, 3.63) is 10.6 Å². The van der Waals surface area contributed by atoms with Crippen molar-refractivity contribution in [3.8, 4) is 11.7 Å². The fourth-order valence-corrected chi connectivity index (χ4v) is 7.53. The summed E-state index contributed by atoms with van der Waals surface area (Å²) >= 11 is 0. The summed E-state index contributed by atoms with van der Waals surface area (Å²) in [6.07, 6.45) is 12.3. The average Bonchev–Trinajstić information content (AvgIpc) is 3.65. The lowest BCUT2D eigenvalue weighted by Gasteiger charge is -2.40. The summed E-state index contributed by atoms with van der Waals surface area (Å²) in [6, 6.07) is 0.823. The van der Waals surface area contributed by atoms with Gasteiger partial charge in [0, 0.05) is 18.6 Å². The fourth-order valence-electron chi connectivity index (χ4n) is 7.53. The van der Waals surface area contributed by atoms with Gasteiger partial charge in [-0.15, -0.1) is 5.10 Å². The SMILES string of the molecule is CC([C@H]1CC[C@H](C)CC1)n1c(N2CCOC3CCCC32)nc2nc(-c3n[nH]c(=O)o3)nc(N[C@H](C)C3CCC3)c21. The second kappa shape index (κ2) is 10.5. The number of anilines is 2. The molecule has 3 saturated carbocycles. The normalized spacial score (nSPS) is 28.8. The molecule has 3 unspecified atom stereocenters. The van der Waals surface area contributed by atoms with E-state index in [0.29, 0.717) is 30.1 Å². The van der Waals surface area contributed by atoms with Crippen molar-refractivity contribution in [2.75, 3.05) is 23.4 Å². The third-order valence-corrected chi connectivity index (χ3v) is 10.3. The number of ether oxygens (including phenoxy) is 1. The maximum absolute atomic E-state index is 11.8. The van der Waals surface area contributed by atoms with Crippen LogP contribution in [-0.4, -0.2) is 61.1 Å². The summed E-state index contributed by atoms with van der Waals surface area (Å²) in [7, 11) is 0. The topological polar surface area (TPSA) is 127 Å². The molecule has 0 amide bonds. The number of imidazole rings is 1. The van der Waals surface area contributed by atoms with Gasteiger partial charge in [0.2, 0.25) is 11.8 Å². The monoisotopic (exact) mass is 550 g/mol. The van der Waals surface area contributed by atoms with Crippen molar-refractivity contribution in [3.63, 3.8) is 0 Å². The van der Waals surface area contributed by atoms with Gasteiger partial charge in [-0.1, -0.05) is 26.2 Å². The molecule has 0 radical (unpaired) electrons. The predicted octanol–water partition coefficient (Wildman–Crippen LogP) is 4.92. The minimum absolute atomic E-state index is 0.0823. The first-order chi connectivity index (χ1) is 19.5. The first-order valence-electron chi connectivity index (χ1n) is 15.5. The number of hydrogen-bond donors (Lipinski definition) is 2. The molecule has 1 aliphatic heterocycles. The van der Waals surface area contributed by atoms with E-state index in [1.54, 1.807) is 0 Å². The van der Waals surface area contributed by atoms with Crippen molar-refractivity contribution in [2.24, 2.45) is 17.8 Å². The van der Waals surface area contributed by atoms with E-state index >= 15 is 0 Å². The molecule has 11 heteroatoms. The van der Waals surface area contributed by atoms with Crippen LogP contribution in [0.1, 0.15) is 91.0 Å². The zero-order valence-corrected chi connectivity index (χ0v) is 23.9. The summed E-state index contributed by atoms with van der Waals surface area (Å²) in [4.78, 5) is 29.3. The van der Waals surface area contributed by atoms with Crippen molar-refractivity contribution in [1.82, 2.24) is 29.7 Å². The smallest absolute Gasteiger partial charge is 0.384 e. The Hall–Kier alpha value is -2.95. The molecule has 4 atom stereocenters. The third-order valence-electron chi connectivity index (χ3n) is 10.3. The fraction of sp³-hybridized carbons (Fsp3) is 0.759. The van der Waals surface area contributed by atoms with Crippen LogP contribution < -0.4 is 16.0 Å². The molecular weight excluding hydrogens is 508 g/mol. The van der Waals surface area contributed by atoms with Gasteiger partial charge < -0.3 is 23.9 Å². The molecule has 1 saturated heterocycles.